The number of hydrogen-bond acceptors (Lipinski definition) is 3. The molecule has 2 nitrogen and oxygen atoms in total. The van der Waals surface area contributed by atoms with Crippen molar-refractivity contribution in [1.29, 1.82) is 0 Å². The van der Waals surface area contributed by atoms with E-state index in [4.69, 9.17) is 5.84 Å². The summed E-state index contributed by atoms with van der Waals surface area (Å²) < 4.78 is 0. The van der Waals surface area contributed by atoms with Crippen LogP contribution in [0.2, 0.25) is 0 Å². The number of hydrogen-bond donors (Lipinski definition) is 2. The molecule has 3 heteroatoms. The molecule has 0 aromatic rings. The van der Waals surface area contributed by atoms with Crippen molar-refractivity contribution in [3.8, 4) is 0 Å². The van der Waals surface area contributed by atoms with Crippen molar-refractivity contribution in [3.63, 3.8) is 0 Å². The minimum absolute atomic E-state index is 0.588. The first-order chi connectivity index (χ1) is 3.43. The fraction of sp³-hybridized carbons (Fsp3) is 1.00. The molecule has 0 aromatic heterocycles. The minimum Gasteiger partial charge on any atom is -0.271 e. The first-order valence-corrected chi connectivity index (χ1v) is 3.63. The van der Waals surface area contributed by atoms with E-state index in [-0.39, 0.29) is 0 Å². The minimum atomic E-state index is 0.588. The van der Waals surface area contributed by atoms with Gasteiger partial charge in [-0.05, 0) is 12.2 Å². The Hall–Kier alpha value is 0.270. The zero-order chi connectivity index (χ0) is 5.11. The van der Waals surface area contributed by atoms with Gasteiger partial charge in [-0.2, -0.15) is 11.8 Å². The third-order valence-corrected chi connectivity index (χ3v) is 2.33. The molecular formula is C4H10N2S. The van der Waals surface area contributed by atoms with Crippen LogP contribution in [0, 0.1) is 0 Å². The van der Waals surface area contributed by atoms with Crippen LogP contribution in [0.15, 0.2) is 0 Å². The smallest absolute Gasteiger partial charge is 0.0308 e. The summed E-state index contributed by atoms with van der Waals surface area (Å²) in [7, 11) is 0. The molecule has 1 fully saturated rings. The summed E-state index contributed by atoms with van der Waals surface area (Å²) in [6.45, 7) is 0. The van der Waals surface area contributed by atoms with Crippen molar-refractivity contribution in [3.05, 3.63) is 0 Å². The van der Waals surface area contributed by atoms with Crippen LogP contribution >= 0.6 is 11.8 Å². The second-order valence-corrected chi connectivity index (χ2v) is 2.88. The summed E-state index contributed by atoms with van der Waals surface area (Å²) in [4.78, 5) is 0. The van der Waals surface area contributed by atoms with Crippen molar-refractivity contribution in [1.82, 2.24) is 5.43 Å². The molecule has 0 saturated carbocycles. The van der Waals surface area contributed by atoms with E-state index in [9.17, 15) is 0 Å². The normalized spacial score (nSPS) is 31.3. The van der Waals surface area contributed by atoms with Gasteiger partial charge in [-0.25, -0.2) is 0 Å². The topological polar surface area (TPSA) is 38.0 Å². The Morgan fingerprint density at radius 3 is 2.86 bits per heavy atom. The molecule has 1 atom stereocenters. The molecule has 7 heavy (non-hydrogen) atoms. The molecular weight excluding hydrogens is 108 g/mol. The predicted octanol–water partition coefficient (Wildman–Crippen LogP) is -0.0448. The Balaban J connectivity index is 2.14. The van der Waals surface area contributed by atoms with Gasteiger partial charge in [0, 0.05) is 11.8 Å². The zero-order valence-corrected chi connectivity index (χ0v) is 5.00. The summed E-state index contributed by atoms with van der Waals surface area (Å²) in [6.07, 6.45) is 1.24. The Bertz CT molecular complexity index is 51.7. The van der Waals surface area contributed by atoms with Gasteiger partial charge in [0.05, 0.1) is 0 Å². The van der Waals surface area contributed by atoms with E-state index in [1.165, 1.54) is 17.9 Å². The first kappa shape index (κ1) is 5.41. The fourth-order valence-electron chi connectivity index (χ4n) is 0.666. The van der Waals surface area contributed by atoms with Gasteiger partial charge in [0.15, 0.2) is 0 Å². The lowest BCUT2D eigenvalue weighted by Gasteiger charge is -2.01. The highest BCUT2D eigenvalue weighted by Crippen LogP contribution is 2.15. The molecule has 0 aromatic carbocycles. The van der Waals surface area contributed by atoms with Crippen LogP contribution in [0.1, 0.15) is 6.42 Å². The Morgan fingerprint density at radius 2 is 2.57 bits per heavy atom. The first-order valence-electron chi connectivity index (χ1n) is 2.47. The van der Waals surface area contributed by atoms with E-state index in [0.29, 0.717) is 6.04 Å². The van der Waals surface area contributed by atoms with Crippen LogP contribution in [0.5, 0.6) is 0 Å². The van der Waals surface area contributed by atoms with Crippen molar-refractivity contribution in [2.75, 3.05) is 11.5 Å². The number of nitrogens with one attached hydrogen (secondary N) is 1. The third kappa shape index (κ3) is 1.33. The quantitative estimate of drug-likeness (QED) is 0.374. The summed E-state index contributed by atoms with van der Waals surface area (Å²) in [5, 5.41) is 0. The number of nitrogens with two attached hydrogens (primary N) is 1. The Morgan fingerprint density at radius 1 is 1.71 bits per heavy atom. The van der Waals surface area contributed by atoms with Gasteiger partial charge in [-0.15, -0.1) is 0 Å². The second-order valence-electron chi connectivity index (χ2n) is 1.73. The summed E-state index contributed by atoms with van der Waals surface area (Å²) in [5.74, 6) is 7.63. The van der Waals surface area contributed by atoms with E-state index < -0.39 is 0 Å². The van der Waals surface area contributed by atoms with Crippen molar-refractivity contribution in [2.24, 2.45) is 5.84 Å². The van der Waals surface area contributed by atoms with Crippen LogP contribution in [0.25, 0.3) is 0 Å². The largest absolute Gasteiger partial charge is 0.271 e. The summed E-state index contributed by atoms with van der Waals surface area (Å²) >= 11 is 1.96. The molecule has 0 bridgehead atoms. The Kier molecular flexibility index (Phi) is 1.97. The molecule has 1 heterocycles. The van der Waals surface area contributed by atoms with Gasteiger partial charge in [0.25, 0.3) is 0 Å². The molecule has 0 spiro atoms. The molecule has 1 saturated heterocycles. The highest BCUT2D eigenvalue weighted by Gasteiger charge is 2.11. The SMILES string of the molecule is NNC1CCSC1. The van der Waals surface area contributed by atoms with Crippen LogP contribution in [-0.4, -0.2) is 17.5 Å². The maximum absolute atomic E-state index is 5.17. The van der Waals surface area contributed by atoms with Gasteiger partial charge in [-0.1, -0.05) is 0 Å². The molecule has 42 valence electrons. The van der Waals surface area contributed by atoms with Gasteiger partial charge < -0.3 is 0 Å². The van der Waals surface area contributed by atoms with Crippen molar-refractivity contribution < 1.29 is 0 Å². The molecule has 1 aliphatic heterocycles. The lowest BCUT2D eigenvalue weighted by molar-refractivity contribution is 0.582. The molecule has 0 radical (unpaired) electrons. The lowest BCUT2D eigenvalue weighted by Crippen LogP contribution is -2.34. The Labute approximate surface area is 47.8 Å². The van der Waals surface area contributed by atoms with E-state index >= 15 is 0 Å². The molecule has 1 rings (SSSR count). The zero-order valence-electron chi connectivity index (χ0n) is 4.18. The van der Waals surface area contributed by atoms with Crippen LogP contribution < -0.4 is 11.3 Å². The van der Waals surface area contributed by atoms with Crippen LogP contribution in [0.4, 0.5) is 0 Å². The highest BCUT2D eigenvalue weighted by atomic mass is 32.2. The standard InChI is InChI=1S/C4H10N2S/c5-6-4-1-2-7-3-4/h4,6H,1-3,5H2. The molecule has 1 aliphatic rings. The van der Waals surface area contributed by atoms with Gasteiger partial charge in [0.2, 0.25) is 0 Å². The van der Waals surface area contributed by atoms with E-state index in [0.717, 1.165) is 0 Å². The molecule has 0 amide bonds. The maximum atomic E-state index is 5.17. The summed E-state index contributed by atoms with van der Waals surface area (Å²) in [5.41, 5.74) is 2.74. The fourth-order valence-corrected chi connectivity index (χ4v) is 1.83. The van der Waals surface area contributed by atoms with E-state index in [2.05, 4.69) is 5.43 Å². The molecule has 3 N–H and O–H groups in total. The van der Waals surface area contributed by atoms with E-state index in [1.807, 2.05) is 11.8 Å². The van der Waals surface area contributed by atoms with Gasteiger partial charge in [0.1, 0.15) is 0 Å². The molecule has 0 aliphatic carbocycles. The molecule has 1 unspecified atom stereocenters. The van der Waals surface area contributed by atoms with E-state index in [1.54, 1.807) is 0 Å². The van der Waals surface area contributed by atoms with Crippen molar-refractivity contribution >= 4 is 11.8 Å². The number of hydrazine groups is 1. The lowest BCUT2D eigenvalue weighted by atomic mass is 10.3. The second kappa shape index (κ2) is 2.55. The van der Waals surface area contributed by atoms with Gasteiger partial charge in [-0.3, -0.25) is 11.3 Å². The highest BCUT2D eigenvalue weighted by molar-refractivity contribution is 7.99. The number of thioether (sulfide) groups is 1. The summed E-state index contributed by atoms with van der Waals surface area (Å²) in [6, 6.07) is 0.588. The average Bonchev–Trinajstić information content (AvgIpc) is 2.14. The average molecular weight is 118 g/mol. The number of rotatable bonds is 1. The van der Waals surface area contributed by atoms with Crippen LogP contribution in [-0.2, 0) is 0 Å². The predicted molar refractivity (Wildman–Crippen MR) is 33.1 cm³/mol. The van der Waals surface area contributed by atoms with Crippen LogP contribution in [0.3, 0.4) is 0 Å². The van der Waals surface area contributed by atoms with Crippen molar-refractivity contribution in [2.45, 2.75) is 12.5 Å². The third-order valence-electron chi connectivity index (χ3n) is 1.17. The van der Waals surface area contributed by atoms with Gasteiger partial charge >= 0.3 is 0 Å². The monoisotopic (exact) mass is 118 g/mol. The maximum Gasteiger partial charge on any atom is 0.0308 e.